The van der Waals surface area contributed by atoms with Gasteiger partial charge in [0.25, 0.3) is 0 Å². The van der Waals surface area contributed by atoms with Crippen LogP contribution in [0.25, 0.3) is 0 Å². The van der Waals surface area contributed by atoms with Crippen LogP contribution in [0.5, 0.6) is 0 Å². The van der Waals surface area contributed by atoms with Gasteiger partial charge in [-0.05, 0) is 25.8 Å². The van der Waals surface area contributed by atoms with Crippen LogP contribution >= 0.6 is 0 Å². The molecule has 0 N–H and O–H groups in total. The molecule has 0 spiro atoms. The predicted molar refractivity (Wildman–Crippen MR) is 97.7 cm³/mol. The number of carbonyl (C=O) groups is 2. The number of hydrogen-bond donors (Lipinski definition) is 0. The summed E-state index contributed by atoms with van der Waals surface area (Å²) in [5.41, 5.74) is 1.41. The van der Waals surface area contributed by atoms with E-state index in [0.29, 0.717) is 11.1 Å². The first-order valence-corrected chi connectivity index (χ1v) is 8.62. The van der Waals surface area contributed by atoms with Crippen molar-refractivity contribution in [3.05, 3.63) is 71.3 Å². The highest BCUT2D eigenvalue weighted by Gasteiger charge is 2.21. The maximum Gasteiger partial charge on any atom is 0.540 e. The van der Waals surface area contributed by atoms with Gasteiger partial charge in [0.05, 0.1) is 0 Å². The summed E-state index contributed by atoms with van der Waals surface area (Å²) in [7, 11) is 0. The third-order valence-electron chi connectivity index (χ3n) is 3.80. The molecule has 0 saturated heterocycles. The van der Waals surface area contributed by atoms with Gasteiger partial charge in [-0.25, -0.2) is 4.79 Å². The topological polar surface area (TPSA) is 61.8 Å². The van der Waals surface area contributed by atoms with Crippen LogP contribution in [0.1, 0.15) is 55.1 Å². The summed E-state index contributed by atoms with van der Waals surface area (Å²) in [5, 5.41) is 0. The van der Waals surface area contributed by atoms with E-state index in [9.17, 15) is 9.59 Å². The van der Waals surface area contributed by atoms with E-state index in [2.05, 4.69) is 4.89 Å². The Bertz CT molecular complexity index is 720. The molecule has 0 radical (unpaired) electrons. The van der Waals surface area contributed by atoms with Gasteiger partial charge in [0.1, 0.15) is 12.2 Å². The zero-order valence-corrected chi connectivity index (χ0v) is 15.4. The van der Waals surface area contributed by atoms with Gasteiger partial charge >= 0.3 is 6.16 Å². The molecule has 138 valence electrons. The zero-order valence-electron chi connectivity index (χ0n) is 15.4. The van der Waals surface area contributed by atoms with Crippen molar-refractivity contribution in [3.8, 4) is 0 Å². The Balaban J connectivity index is 1.84. The lowest BCUT2D eigenvalue weighted by Crippen LogP contribution is -2.26. The second-order valence-electron chi connectivity index (χ2n) is 6.61. The summed E-state index contributed by atoms with van der Waals surface area (Å²) < 4.78 is 5.02. The molecular weight excluding hydrogens is 332 g/mol. The number of hydrogen-bond acceptors (Lipinski definition) is 5. The van der Waals surface area contributed by atoms with E-state index < -0.39 is 11.8 Å². The van der Waals surface area contributed by atoms with E-state index in [-0.39, 0.29) is 12.4 Å². The van der Waals surface area contributed by atoms with Crippen molar-refractivity contribution in [2.45, 2.75) is 45.8 Å². The van der Waals surface area contributed by atoms with Gasteiger partial charge in [0.15, 0.2) is 5.78 Å². The lowest BCUT2D eigenvalue weighted by atomic mass is 10.0. The molecule has 5 nitrogen and oxygen atoms in total. The van der Waals surface area contributed by atoms with Crippen LogP contribution in [0.4, 0.5) is 4.79 Å². The number of benzene rings is 2. The Morgan fingerprint density at radius 3 is 2.15 bits per heavy atom. The summed E-state index contributed by atoms with van der Waals surface area (Å²) in [4.78, 5) is 33.7. The van der Waals surface area contributed by atoms with Crippen LogP contribution in [0.15, 0.2) is 54.6 Å². The fraction of sp³-hybridized carbons (Fsp3) is 0.333. The number of carbonyl (C=O) groups excluding carboxylic acids is 2. The molecule has 0 unspecified atom stereocenters. The molecule has 0 amide bonds. The van der Waals surface area contributed by atoms with Crippen LogP contribution in [-0.2, 0) is 21.1 Å². The van der Waals surface area contributed by atoms with E-state index in [1.165, 1.54) is 0 Å². The van der Waals surface area contributed by atoms with E-state index >= 15 is 0 Å². The van der Waals surface area contributed by atoms with E-state index in [1.54, 1.807) is 36.4 Å². The minimum absolute atomic E-state index is 0.0379. The first-order valence-electron chi connectivity index (χ1n) is 8.62. The molecule has 5 heteroatoms. The second kappa shape index (κ2) is 9.15. The molecule has 2 aromatic carbocycles. The summed E-state index contributed by atoms with van der Waals surface area (Å²) in [6.45, 7) is 5.74. The molecule has 0 heterocycles. The van der Waals surface area contributed by atoms with Gasteiger partial charge in [0.2, 0.25) is 0 Å². The molecule has 0 fully saturated rings. The van der Waals surface area contributed by atoms with Crippen LogP contribution < -0.4 is 0 Å². The molecule has 0 aliphatic heterocycles. The lowest BCUT2D eigenvalue weighted by Gasteiger charge is -2.21. The van der Waals surface area contributed by atoms with Crippen molar-refractivity contribution in [3.63, 3.8) is 0 Å². The second-order valence-corrected chi connectivity index (χ2v) is 6.61. The van der Waals surface area contributed by atoms with Crippen LogP contribution in [0, 0.1) is 0 Å². The van der Waals surface area contributed by atoms with Gasteiger partial charge in [-0.1, -0.05) is 67.9 Å². The number of ketones is 1. The third-order valence-corrected chi connectivity index (χ3v) is 3.80. The summed E-state index contributed by atoms with van der Waals surface area (Å²) in [6, 6.07) is 16.0. The Morgan fingerprint density at radius 1 is 0.923 bits per heavy atom. The monoisotopic (exact) mass is 356 g/mol. The van der Waals surface area contributed by atoms with Gasteiger partial charge in [-0.2, -0.15) is 4.89 Å². The van der Waals surface area contributed by atoms with Crippen molar-refractivity contribution in [1.82, 2.24) is 0 Å². The number of ether oxygens (including phenoxy) is 1. The molecule has 0 atom stereocenters. The van der Waals surface area contributed by atoms with Crippen molar-refractivity contribution in [2.75, 3.05) is 0 Å². The maximum atomic E-state index is 12.3. The molecular formula is C21H24O5. The van der Waals surface area contributed by atoms with Gasteiger partial charge in [0, 0.05) is 11.1 Å². The lowest BCUT2D eigenvalue weighted by molar-refractivity contribution is -0.319. The largest absolute Gasteiger partial charge is 0.540 e. The van der Waals surface area contributed by atoms with Crippen molar-refractivity contribution < 1.29 is 24.1 Å². The zero-order chi connectivity index (χ0) is 19.0. The molecule has 0 bridgehead atoms. The average molecular weight is 356 g/mol. The summed E-state index contributed by atoms with van der Waals surface area (Å²) >= 11 is 0. The first-order chi connectivity index (χ1) is 12.4. The van der Waals surface area contributed by atoms with Crippen molar-refractivity contribution >= 4 is 11.9 Å². The van der Waals surface area contributed by atoms with E-state index in [1.807, 2.05) is 39.0 Å². The summed E-state index contributed by atoms with van der Waals surface area (Å²) in [6.07, 6.45) is 0.787. The Labute approximate surface area is 153 Å². The Morgan fingerprint density at radius 2 is 1.54 bits per heavy atom. The van der Waals surface area contributed by atoms with Crippen LogP contribution in [0.3, 0.4) is 0 Å². The predicted octanol–water partition coefficient (Wildman–Crippen LogP) is 5.08. The molecule has 0 aromatic heterocycles. The summed E-state index contributed by atoms with van der Waals surface area (Å²) in [5.74, 6) is -0.0518. The normalized spacial score (nSPS) is 11.0. The minimum atomic E-state index is -0.890. The van der Waals surface area contributed by atoms with Crippen LogP contribution in [-0.4, -0.2) is 17.5 Å². The van der Waals surface area contributed by atoms with Gasteiger partial charge in [-0.3, -0.25) is 9.68 Å². The highest BCUT2D eigenvalue weighted by atomic mass is 17.2. The maximum absolute atomic E-state index is 12.3. The standard InChI is InChI=1S/C21H24O5/c1-4-14-21(2,3)26-25-20(23)24-15-16-10-12-18(13-11-16)19(22)17-8-6-5-7-9-17/h5-13H,4,14-15H2,1-3H3. The average Bonchev–Trinajstić information content (AvgIpc) is 2.65. The smallest absolute Gasteiger partial charge is 0.427 e. The fourth-order valence-electron chi connectivity index (χ4n) is 2.47. The number of rotatable bonds is 8. The highest BCUT2D eigenvalue weighted by Crippen LogP contribution is 2.17. The first kappa shape index (κ1) is 19.7. The third kappa shape index (κ3) is 6.01. The molecule has 2 rings (SSSR count). The molecule has 0 aliphatic carbocycles. The fourth-order valence-corrected chi connectivity index (χ4v) is 2.47. The Kier molecular flexibility index (Phi) is 6.92. The minimum Gasteiger partial charge on any atom is -0.427 e. The van der Waals surface area contributed by atoms with E-state index in [0.717, 1.165) is 18.4 Å². The quantitative estimate of drug-likeness (QED) is 0.286. The van der Waals surface area contributed by atoms with Gasteiger partial charge in [-0.15, -0.1) is 0 Å². The SMILES string of the molecule is CCCC(C)(C)OOC(=O)OCc1ccc(C(=O)c2ccccc2)cc1. The molecule has 0 saturated carbocycles. The van der Waals surface area contributed by atoms with Crippen LogP contribution in [0.2, 0.25) is 0 Å². The molecule has 0 aliphatic rings. The van der Waals surface area contributed by atoms with Crippen molar-refractivity contribution in [2.24, 2.45) is 0 Å². The van der Waals surface area contributed by atoms with Crippen molar-refractivity contribution in [1.29, 1.82) is 0 Å². The highest BCUT2D eigenvalue weighted by molar-refractivity contribution is 6.08. The Hall–Kier alpha value is -2.66. The van der Waals surface area contributed by atoms with Gasteiger partial charge < -0.3 is 4.74 Å². The van der Waals surface area contributed by atoms with E-state index in [4.69, 9.17) is 9.62 Å². The molecule has 26 heavy (non-hydrogen) atoms. The molecule has 2 aromatic rings.